The van der Waals surface area contributed by atoms with Crippen LogP contribution in [0.15, 0.2) is 42.5 Å². The monoisotopic (exact) mass is 474 g/mol. The van der Waals surface area contributed by atoms with Gasteiger partial charge in [-0.25, -0.2) is 0 Å². The number of para-hydroxylation sites is 1. The Labute approximate surface area is 204 Å². The fourth-order valence-electron chi connectivity index (χ4n) is 5.90. The van der Waals surface area contributed by atoms with E-state index >= 15 is 0 Å². The molecule has 8 nitrogen and oxygen atoms in total. The summed E-state index contributed by atoms with van der Waals surface area (Å²) < 4.78 is 6.56. The molecule has 35 heavy (non-hydrogen) atoms. The summed E-state index contributed by atoms with van der Waals surface area (Å²) in [6.07, 6.45) is 2.48. The van der Waals surface area contributed by atoms with E-state index in [0.717, 1.165) is 61.5 Å². The zero-order chi connectivity index (χ0) is 24.0. The minimum Gasteiger partial charge on any atom is -0.486 e. The number of carbonyl (C=O) groups excluding carboxylic acids is 3. The van der Waals surface area contributed by atoms with Crippen molar-refractivity contribution in [1.82, 2.24) is 20.4 Å². The van der Waals surface area contributed by atoms with E-state index in [0.29, 0.717) is 19.5 Å². The molecule has 4 heterocycles. The highest BCUT2D eigenvalue weighted by Gasteiger charge is 2.41. The topological polar surface area (TPSA) is 91.0 Å². The molecule has 2 aromatic rings. The molecule has 2 saturated heterocycles. The van der Waals surface area contributed by atoms with Crippen LogP contribution in [0, 0.1) is 0 Å². The lowest BCUT2D eigenvalue weighted by Crippen LogP contribution is -2.52. The number of imide groups is 1. The Bertz CT molecular complexity index is 1190. The van der Waals surface area contributed by atoms with Crippen molar-refractivity contribution in [3.05, 3.63) is 64.7 Å². The minimum atomic E-state index is -0.585. The lowest BCUT2D eigenvalue weighted by molar-refractivity contribution is -0.136. The number of rotatable bonds is 3. The van der Waals surface area contributed by atoms with Crippen molar-refractivity contribution in [1.29, 1.82) is 0 Å². The summed E-state index contributed by atoms with van der Waals surface area (Å²) >= 11 is 0. The predicted octanol–water partition coefficient (Wildman–Crippen LogP) is 1.96. The molecule has 1 atom stereocenters. The molecule has 6 rings (SSSR count). The van der Waals surface area contributed by atoms with E-state index in [1.807, 2.05) is 30.3 Å². The molecule has 2 N–H and O–H groups in total. The molecule has 0 aliphatic carbocycles. The van der Waals surface area contributed by atoms with Crippen LogP contribution in [0.4, 0.5) is 0 Å². The van der Waals surface area contributed by atoms with Crippen molar-refractivity contribution in [2.75, 3.05) is 19.6 Å². The number of nitrogens with zero attached hydrogens (tertiary/aromatic N) is 2. The van der Waals surface area contributed by atoms with E-state index < -0.39 is 6.04 Å². The van der Waals surface area contributed by atoms with Gasteiger partial charge in [-0.1, -0.05) is 36.4 Å². The molecule has 0 saturated carbocycles. The molecule has 1 unspecified atom stereocenters. The van der Waals surface area contributed by atoms with Crippen LogP contribution in [0.1, 0.15) is 52.7 Å². The molecular weight excluding hydrogens is 444 g/mol. The van der Waals surface area contributed by atoms with Crippen LogP contribution in [0.3, 0.4) is 0 Å². The van der Waals surface area contributed by atoms with E-state index in [1.54, 1.807) is 4.90 Å². The van der Waals surface area contributed by atoms with Crippen LogP contribution >= 0.6 is 0 Å². The SMILES string of the molecule is O=C1CCC(N2Cc3cccc(CN4CCC5(CC4)CNCc4ccccc4O5)c3C2=O)C(=O)N1. The van der Waals surface area contributed by atoms with Gasteiger partial charge in [0.05, 0.1) is 0 Å². The molecule has 182 valence electrons. The number of hydrogen-bond donors (Lipinski definition) is 2. The quantitative estimate of drug-likeness (QED) is 0.661. The minimum absolute atomic E-state index is 0.105. The van der Waals surface area contributed by atoms with Gasteiger partial charge in [-0.05, 0) is 23.6 Å². The summed E-state index contributed by atoms with van der Waals surface area (Å²) in [6.45, 7) is 4.53. The zero-order valence-electron chi connectivity index (χ0n) is 19.7. The van der Waals surface area contributed by atoms with Gasteiger partial charge in [0, 0.05) is 69.7 Å². The molecule has 3 amide bonds. The molecule has 0 aromatic heterocycles. The predicted molar refractivity (Wildman–Crippen MR) is 129 cm³/mol. The number of benzene rings is 2. The van der Waals surface area contributed by atoms with E-state index in [9.17, 15) is 14.4 Å². The Morgan fingerprint density at radius 2 is 1.80 bits per heavy atom. The average molecular weight is 475 g/mol. The first-order valence-corrected chi connectivity index (χ1v) is 12.5. The number of hydrogen-bond acceptors (Lipinski definition) is 6. The maximum Gasteiger partial charge on any atom is 0.255 e. The van der Waals surface area contributed by atoms with Gasteiger partial charge in [-0.3, -0.25) is 24.6 Å². The van der Waals surface area contributed by atoms with Crippen LogP contribution in [0.5, 0.6) is 5.75 Å². The smallest absolute Gasteiger partial charge is 0.255 e. The van der Waals surface area contributed by atoms with Crippen LogP contribution in [-0.2, 0) is 29.2 Å². The third-order valence-corrected chi connectivity index (χ3v) is 7.86. The summed E-state index contributed by atoms with van der Waals surface area (Å²) in [5.74, 6) is 0.233. The molecule has 4 aliphatic rings. The van der Waals surface area contributed by atoms with Crippen LogP contribution < -0.4 is 15.4 Å². The summed E-state index contributed by atoms with van der Waals surface area (Å²) in [5.41, 5.74) is 3.67. The molecule has 1 spiro atoms. The molecule has 0 bridgehead atoms. The second kappa shape index (κ2) is 8.77. The van der Waals surface area contributed by atoms with Crippen molar-refractivity contribution < 1.29 is 19.1 Å². The fraction of sp³-hybridized carbons (Fsp3) is 0.444. The first kappa shape index (κ1) is 22.2. The highest BCUT2D eigenvalue weighted by atomic mass is 16.5. The third-order valence-electron chi connectivity index (χ3n) is 7.86. The highest BCUT2D eigenvalue weighted by Crippen LogP contribution is 2.35. The number of nitrogens with one attached hydrogen (secondary N) is 2. The fourth-order valence-corrected chi connectivity index (χ4v) is 5.90. The van der Waals surface area contributed by atoms with Crippen LogP contribution in [-0.4, -0.2) is 58.8 Å². The Balaban J connectivity index is 1.14. The van der Waals surface area contributed by atoms with E-state index in [1.165, 1.54) is 5.56 Å². The maximum absolute atomic E-state index is 13.4. The number of ether oxygens (including phenoxy) is 1. The first-order chi connectivity index (χ1) is 17.0. The second-order valence-corrected chi connectivity index (χ2v) is 10.1. The Morgan fingerprint density at radius 1 is 1.00 bits per heavy atom. The van der Waals surface area contributed by atoms with Gasteiger partial charge in [0.2, 0.25) is 11.8 Å². The number of carbonyl (C=O) groups is 3. The van der Waals surface area contributed by atoms with Gasteiger partial charge in [0.1, 0.15) is 17.4 Å². The molecule has 8 heteroatoms. The normalized spacial score (nSPS) is 23.9. The number of piperidine rings is 2. The summed E-state index contributed by atoms with van der Waals surface area (Å²) in [6, 6.07) is 13.6. The van der Waals surface area contributed by atoms with Crippen molar-refractivity contribution in [2.45, 2.75) is 57.0 Å². The Kier molecular flexibility index (Phi) is 5.57. The lowest BCUT2D eigenvalue weighted by atomic mass is 9.90. The van der Waals surface area contributed by atoms with Crippen molar-refractivity contribution in [2.24, 2.45) is 0 Å². The number of fused-ring (bicyclic) bond motifs is 2. The lowest BCUT2D eigenvalue weighted by Gasteiger charge is -2.41. The van der Waals surface area contributed by atoms with Crippen molar-refractivity contribution in [3.63, 3.8) is 0 Å². The molecule has 0 radical (unpaired) electrons. The van der Waals surface area contributed by atoms with Gasteiger partial charge in [0.25, 0.3) is 5.91 Å². The van der Waals surface area contributed by atoms with Gasteiger partial charge in [-0.15, -0.1) is 0 Å². The highest BCUT2D eigenvalue weighted by molar-refractivity contribution is 6.06. The van der Waals surface area contributed by atoms with Crippen LogP contribution in [0.25, 0.3) is 0 Å². The van der Waals surface area contributed by atoms with Gasteiger partial charge >= 0.3 is 0 Å². The van der Waals surface area contributed by atoms with Crippen LogP contribution in [0.2, 0.25) is 0 Å². The molecule has 4 aliphatic heterocycles. The van der Waals surface area contributed by atoms with Gasteiger partial charge in [-0.2, -0.15) is 0 Å². The standard InChI is InChI=1S/C27H30N4O4/c32-23-9-8-21(25(33)29-23)31-16-20-6-3-5-19(24(20)26(31)34)15-30-12-10-27(11-13-30)17-28-14-18-4-1-2-7-22(18)35-27/h1-7,21,28H,8-17H2,(H,29,32,33). The van der Waals surface area contributed by atoms with Gasteiger partial charge in [0.15, 0.2) is 0 Å². The van der Waals surface area contributed by atoms with E-state index in [-0.39, 0.29) is 29.7 Å². The summed E-state index contributed by atoms with van der Waals surface area (Å²) in [4.78, 5) is 41.4. The van der Waals surface area contributed by atoms with Crippen molar-refractivity contribution in [3.8, 4) is 5.75 Å². The largest absolute Gasteiger partial charge is 0.486 e. The molecule has 2 fully saturated rings. The summed E-state index contributed by atoms with van der Waals surface area (Å²) in [5, 5.41) is 5.94. The third kappa shape index (κ3) is 4.10. The Hall–Kier alpha value is -3.23. The molecular formula is C27H30N4O4. The maximum atomic E-state index is 13.4. The second-order valence-electron chi connectivity index (χ2n) is 10.1. The summed E-state index contributed by atoms with van der Waals surface area (Å²) in [7, 11) is 0. The van der Waals surface area contributed by atoms with Gasteiger partial charge < -0.3 is 15.0 Å². The van der Waals surface area contributed by atoms with Crippen molar-refractivity contribution >= 4 is 17.7 Å². The zero-order valence-corrected chi connectivity index (χ0v) is 19.7. The van der Waals surface area contributed by atoms with E-state index in [4.69, 9.17) is 4.74 Å². The molecule has 2 aromatic carbocycles. The first-order valence-electron chi connectivity index (χ1n) is 12.5. The van der Waals surface area contributed by atoms with E-state index in [2.05, 4.69) is 27.7 Å². The average Bonchev–Trinajstić information content (AvgIpc) is 3.07. The number of amides is 3. The number of likely N-dealkylation sites (tertiary alicyclic amines) is 1. The Morgan fingerprint density at radius 3 is 2.63 bits per heavy atom.